The molecule has 1 unspecified atom stereocenters. The van der Waals surface area contributed by atoms with Crippen LogP contribution in [0.5, 0.6) is 0 Å². The number of nitrogens with two attached hydrogens (primary N) is 1. The summed E-state index contributed by atoms with van der Waals surface area (Å²) in [5, 5.41) is 0. The third kappa shape index (κ3) is 1.98. The summed E-state index contributed by atoms with van der Waals surface area (Å²) in [7, 11) is 1.55. The Morgan fingerprint density at radius 1 is 1.39 bits per heavy atom. The van der Waals surface area contributed by atoms with Crippen LogP contribution in [0.4, 0.5) is 5.69 Å². The van der Waals surface area contributed by atoms with Crippen molar-refractivity contribution in [3.8, 4) is 0 Å². The van der Waals surface area contributed by atoms with Crippen LogP contribution in [0, 0.1) is 0 Å². The molecule has 0 radical (unpaired) electrons. The summed E-state index contributed by atoms with van der Waals surface area (Å²) < 4.78 is 5.06. The number of rotatable bonds is 2. The van der Waals surface area contributed by atoms with Crippen LogP contribution in [-0.4, -0.2) is 18.9 Å². The van der Waals surface area contributed by atoms with Gasteiger partial charge in [0.15, 0.2) is 5.90 Å². The molecule has 1 aliphatic rings. The molecular weight excluding hydrogens is 228 g/mol. The lowest BCUT2D eigenvalue weighted by Crippen LogP contribution is -2.38. The molecule has 0 aliphatic carbocycles. The summed E-state index contributed by atoms with van der Waals surface area (Å²) >= 11 is 0. The Kier molecular flexibility index (Phi) is 3.36. The Morgan fingerprint density at radius 3 is 2.56 bits per heavy atom. The van der Waals surface area contributed by atoms with E-state index in [0.29, 0.717) is 18.0 Å². The fourth-order valence-corrected chi connectivity index (χ4v) is 2.45. The zero-order chi connectivity index (χ0) is 13.2. The predicted octanol–water partition coefficient (Wildman–Crippen LogP) is 2.28. The molecular formula is C14H18N2O2. The van der Waals surface area contributed by atoms with E-state index >= 15 is 0 Å². The van der Waals surface area contributed by atoms with Crippen molar-refractivity contribution in [3.63, 3.8) is 0 Å². The molecule has 18 heavy (non-hydrogen) atoms. The molecule has 0 saturated heterocycles. The molecule has 1 aromatic carbocycles. The number of carbonyl (C=O) groups is 1. The van der Waals surface area contributed by atoms with E-state index in [1.54, 1.807) is 7.11 Å². The SMILES string of the molecule is CCC1(c2ccc(N)cc2)CCC(OC)=NC1=O. The van der Waals surface area contributed by atoms with E-state index in [4.69, 9.17) is 10.5 Å². The van der Waals surface area contributed by atoms with Gasteiger partial charge in [-0.3, -0.25) is 4.79 Å². The van der Waals surface area contributed by atoms with Gasteiger partial charge in [0.1, 0.15) is 0 Å². The average molecular weight is 246 g/mol. The molecule has 4 heteroatoms. The number of benzene rings is 1. The first-order valence-electron chi connectivity index (χ1n) is 6.14. The fourth-order valence-electron chi connectivity index (χ4n) is 2.45. The number of hydrogen-bond donors (Lipinski definition) is 1. The molecule has 4 nitrogen and oxygen atoms in total. The van der Waals surface area contributed by atoms with Crippen molar-refractivity contribution >= 4 is 17.5 Å². The van der Waals surface area contributed by atoms with E-state index in [-0.39, 0.29) is 5.91 Å². The van der Waals surface area contributed by atoms with Gasteiger partial charge in [-0.25, -0.2) is 0 Å². The van der Waals surface area contributed by atoms with E-state index < -0.39 is 5.41 Å². The molecule has 2 rings (SSSR count). The zero-order valence-corrected chi connectivity index (χ0v) is 10.8. The summed E-state index contributed by atoms with van der Waals surface area (Å²) in [4.78, 5) is 16.4. The fraction of sp³-hybridized carbons (Fsp3) is 0.429. The Balaban J connectivity index is 2.41. The molecule has 2 N–H and O–H groups in total. The van der Waals surface area contributed by atoms with E-state index in [0.717, 1.165) is 18.4 Å². The minimum atomic E-state index is -0.518. The number of hydrogen-bond acceptors (Lipinski definition) is 3. The number of ether oxygens (including phenoxy) is 1. The topological polar surface area (TPSA) is 64.7 Å². The van der Waals surface area contributed by atoms with E-state index in [1.807, 2.05) is 31.2 Å². The lowest BCUT2D eigenvalue weighted by atomic mass is 9.72. The van der Waals surface area contributed by atoms with Crippen LogP contribution in [-0.2, 0) is 14.9 Å². The van der Waals surface area contributed by atoms with Crippen LogP contribution in [0.1, 0.15) is 31.7 Å². The number of aliphatic imine (C=N–C) groups is 1. The van der Waals surface area contributed by atoms with Crippen molar-refractivity contribution in [3.05, 3.63) is 29.8 Å². The van der Waals surface area contributed by atoms with Gasteiger partial charge in [0.25, 0.3) is 5.91 Å². The third-order valence-corrected chi connectivity index (χ3v) is 3.70. The van der Waals surface area contributed by atoms with Gasteiger partial charge in [-0.15, -0.1) is 0 Å². The van der Waals surface area contributed by atoms with Crippen LogP contribution in [0.25, 0.3) is 0 Å². The first-order valence-corrected chi connectivity index (χ1v) is 6.14. The average Bonchev–Trinajstić information content (AvgIpc) is 2.40. The van der Waals surface area contributed by atoms with Gasteiger partial charge < -0.3 is 10.5 Å². The minimum Gasteiger partial charge on any atom is -0.484 e. The maximum Gasteiger partial charge on any atom is 0.259 e. The third-order valence-electron chi connectivity index (χ3n) is 3.70. The smallest absolute Gasteiger partial charge is 0.259 e. The molecule has 0 spiro atoms. The minimum absolute atomic E-state index is 0.113. The van der Waals surface area contributed by atoms with E-state index in [2.05, 4.69) is 4.99 Å². The van der Waals surface area contributed by atoms with Crippen LogP contribution >= 0.6 is 0 Å². The number of carbonyl (C=O) groups excluding carboxylic acids is 1. The normalized spacial score (nSPS) is 23.7. The second-order valence-electron chi connectivity index (χ2n) is 4.57. The summed E-state index contributed by atoms with van der Waals surface area (Å²) in [6.07, 6.45) is 2.16. The van der Waals surface area contributed by atoms with Gasteiger partial charge in [-0.1, -0.05) is 19.1 Å². The second-order valence-corrected chi connectivity index (χ2v) is 4.57. The molecule has 1 aliphatic heterocycles. The summed E-state index contributed by atoms with van der Waals surface area (Å²) in [5.74, 6) is 0.414. The Hall–Kier alpha value is -1.84. The van der Waals surface area contributed by atoms with Gasteiger partial charge in [0.2, 0.25) is 0 Å². The predicted molar refractivity (Wildman–Crippen MR) is 71.5 cm³/mol. The number of methoxy groups -OCH3 is 1. The summed E-state index contributed by atoms with van der Waals surface area (Å²) in [6, 6.07) is 7.50. The molecule has 0 bridgehead atoms. The molecule has 1 atom stereocenters. The van der Waals surface area contributed by atoms with Crippen LogP contribution in [0.2, 0.25) is 0 Å². The summed E-state index contributed by atoms with van der Waals surface area (Å²) in [5.41, 5.74) is 6.86. The highest BCUT2D eigenvalue weighted by Crippen LogP contribution is 2.37. The van der Waals surface area contributed by atoms with E-state index in [1.165, 1.54) is 0 Å². The number of nitrogens with zero attached hydrogens (tertiary/aromatic N) is 1. The molecule has 1 aromatic rings. The van der Waals surface area contributed by atoms with Crippen molar-refractivity contribution in [2.75, 3.05) is 12.8 Å². The quantitative estimate of drug-likeness (QED) is 0.814. The lowest BCUT2D eigenvalue weighted by Gasteiger charge is -2.33. The number of anilines is 1. The highest BCUT2D eigenvalue weighted by molar-refractivity contribution is 6.00. The maximum absolute atomic E-state index is 12.3. The van der Waals surface area contributed by atoms with Crippen molar-refractivity contribution in [1.29, 1.82) is 0 Å². The van der Waals surface area contributed by atoms with E-state index in [9.17, 15) is 4.79 Å². The second kappa shape index (κ2) is 4.80. The number of amides is 1. The monoisotopic (exact) mass is 246 g/mol. The van der Waals surface area contributed by atoms with Crippen molar-refractivity contribution < 1.29 is 9.53 Å². The maximum atomic E-state index is 12.3. The van der Waals surface area contributed by atoms with Crippen LogP contribution in [0.15, 0.2) is 29.3 Å². The highest BCUT2D eigenvalue weighted by atomic mass is 16.5. The van der Waals surface area contributed by atoms with Crippen LogP contribution in [0.3, 0.4) is 0 Å². The van der Waals surface area contributed by atoms with Gasteiger partial charge in [-0.05, 0) is 30.5 Å². The van der Waals surface area contributed by atoms with Gasteiger partial charge >= 0.3 is 0 Å². The van der Waals surface area contributed by atoms with Crippen LogP contribution < -0.4 is 5.73 Å². The highest BCUT2D eigenvalue weighted by Gasteiger charge is 2.41. The molecule has 96 valence electrons. The molecule has 0 fully saturated rings. The molecule has 1 heterocycles. The lowest BCUT2D eigenvalue weighted by molar-refractivity contribution is -0.124. The Bertz CT molecular complexity index is 479. The first-order chi connectivity index (χ1) is 8.62. The Morgan fingerprint density at radius 2 is 2.06 bits per heavy atom. The van der Waals surface area contributed by atoms with Gasteiger partial charge in [0, 0.05) is 12.1 Å². The molecule has 0 saturated carbocycles. The van der Waals surface area contributed by atoms with Crippen molar-refractivity contribution in [2.45, 2.75) is 31.6 Å². The number of nitrogen functional groups attached to an aromatic ring is 1. The van der Waals surface area contributed by atoms with Crippen molar-refractivity contribution in [2.24, 2.45) is 4.99 Å². The standard InChI is InChI=1S/C14H18N2O2/c1-3-14(10-4-6-11(15)7-5-10)9-8-12(18-2)16-13(14)17/h4-7H,3,8-9,15H2,1-2H3. The van der Waals surface area contributed by atoms with Gasteiger partial charge in [-0.2, -0.15) is 4.99 Å². The van der Waals surface area contributed by atoms with Crippen molar-refractivity contribution in [1.82, 2.24) is 0 Å². The molecule has 0 aromatic heterocycles. The van der Waals surface area contributed by atoms with Gasteiger partial charge in [0.05, 0.1) is 12.5 Å². The largest absolute Gasteiger partial charge is 0.484 e. The first kappa shape index (κ1) is 12.6. The molecule has 1 amide bonds. The summed E-state index contributed by atoms with van der Waals surface area (Å²) in [6.45, 7) is 2.02. The zero-order valence-electron chi connectivity index (χ0n) is 10.8. The Labute approximate surface area is 107 Å².